The van der Waals surface area contributed by atoms with Gasteiger partial charge in [0.25, 0.3) is 5.91 Å². The highest BCUT2D eigenvalue weighted by atomic mass is 16.2. The number of anilines is 1. The first-order chi connectivity index (χ1) is 13.8. The van der Waals surface area contributed by atoms with Gasteiger partial charge < -0.3 is 10.6 Å². The van der Waals surface area contributed by atoms with Crippen molar-refractivity contribution in [2.45, 2.75) is 32.7 Å². The van der Waals surface area contributed by atoms with Crippen molar-refractivity contribution in [3.05, 3.63) is 64.7 Å². The van der Waals surface area contributed by atoms with Crippen molar-refractivity contribution in [2.75, 3.05) is 11.9 Å². The van der Waals surface area contributed by atoms with Gasteiger partial charge in [0.2, 0.25) is 5.91 Å². The highest BCUT2D eigenvalue weighted by Crippen LogP contribution is 2.29. The number of carbonyl (C=O) groups is 3. The SMILES string of the molecule is CCc1cccc(C)c1NC(=O)CN1C(=O)NC(C)(c2ccc(C#N)cc2)C1=O. The molecule has 2 aromatic carbocycles. The minimum atomic E-state index is -1.29. The molecule has 1 saturated heterocycles. The molecule has 3 rings (SSSR count). The maximum Gasteiger partial charge on any atom is 0.325 e. The van der Waals surface area contributed by atoms with Gasteiger partial charge in [0.1, 0.15) is 12.1 Å². The summed E-state index contributed by atoms with van der Waals surface area (Å²) in [5.41, 5.74) is 2.32. The number of nitrogens with one attached hydrogen (secondary N) is 2. The molecule has 1 atom stereocenters. The van der Waals surface area contributed by atoms with Crippen LogP contribution in [0, 0.1) is 18.3 Å². The number of amides is 4. The number of rotatable bonds is 5. The van der Waals surface area contributed by atoms with E-state index < -0.39 is 23.4 Å². The van der Waals surface area contributed by atoms with Gasteiger partial charge in [-0.05, 0) is 49.1 Å². The normalized spacial score (nSPS) is 18.3. The minimum Gasteiger partial charge on any atom is -0.324 e. The molecule has 1 aliphatic rings. The lowest BCUT2D eigenvalue weighted by Gasteiger charge is -2.22. The maximum atomic E-state index is 13.0. The van der Waals surface area contributed by atoms with Gasteiger partial charge in [-0.1, -0.05) is 37.3 Å². The van der Waals surface area contributed by atoms with Crippen LogP contribution in [0.15, 0.2) is 42.5 Å². The van der Waals surface area contributed by atoms with Crippen LogP contribution in [0.5, 0.6) is 0 Å². The molecule has 7 heteroatoms. The lowest BCUT2D eigenvalue weighted by molar-refractivity contribution is -0.133. The van der Waals surface area contributed by atoms with Crippen molar-refractivity contribution in [1.29, 1.82) is 5.26 Å². The van der Waals surface area contributed by atoms with Crippen LogP contribution in [0.3, 0.4) is 0 Å². The number of nitriles is 1. The molecular formula is C22H22N4O3. The Hall–Kier alpha value is -3.66. The van der Waals surface area contributed by atoms with E-state index in [-0.39, 0.29) is 6.54 Å². The van der Waals surface area contributed by atoms with Gasteiger partial charge in [-0.15, -0.1) is 0 Å². The number of benzene rings is 2. The van der Waals surface area contributed by atoms with E-state index in [1.54, 1.807) is 31.2 Å². The van der Waals surface area contributed by atoms with Crippen molar-refractivity contribution in [2.24, 2.45) is 0 Å². The van der Waals surface area contributed by atoms with E-state index >= 15 is 0 Å². The Labute approximate surface area is 169 Å². The molecule has 1 heterocycles. The van der Waals surface area contributed by atoms with Crippen LogP contribution >= 0.6 is 0 Å². The number of carbonyl (C=O) groups excluding carboxylic acids is 3. The van der Waals surface area contributed by atoms with Gasteiger partial charge in [0.05, 0.1) is 11.6 Å². The maximum absolute atomic E-state index is 13.0. The second kappa shape index (κ2) is 7.76. The molecule has 1 aliphatic heterocycles. The molecule has 2 N–H and O–H groups in total. The number of nitrogens with zero attached hydrogens (tertiary/aromatic N) is 2. The second-order valence-electron chi connectivity index (χ2n) is 7.15. The molecule has 0 saturated carbocycles. The third kappa shape index (κ3) is 3.69. The van der Waals surface area contributed by atoms with Crippen LogP contribution in [0.2, 0.25) is 0 Å². The highest BCUT2D eigenvalue weighted by molar-refractivity contribution is 6.10. The summed E-state index contributed by atoms with van der Waals surface area (Å²) in [5, 5.41) is 14.4. The minimum absolute atomic E-state index is 0.381. The van der Waals surface area contributed by atoms with Crippen molar-refractivity contribution in [1.82, 2.24) is 10.2 Å². The largest absolute Gasteiger partial charge is 0.325 e. The summed E-state index contributed by atoms with van der Waals surface area (Å²) in [6, 6.07) is 13.5. The van der Waals surface area contributed by atoms with Crippen LogP contribution < -0.4 is 10.6 Å². The molecule has 148 valence electrons. The number of para-hydroxylation sites is 1. The Morgan fingerprint density at radius 2 is 1.90 bits per heavy atom. The average Bonchev–Trinajstić information content (AvgIpc) is 2.93. The fourth-order valence-corrected chi connectivity index (χ4v) is 3.44. The number of hydrogen-bond donors (Lipinski definition) is 2. The monoisotopic (exact) mass is 390 g/mol. The van der Waals surface area contributed by atoms with E-state index in [9.17, 15) is 14.4 Å². The van der Waals surface area contributed by atoms with Gasteiger partial charge in [-0.2, -0.15) is 5.26 Å². The van der Waals surface area contributed by atoms with Crippen molar-refractivity contribution in [3.8, 4) is 6.07 Å². The van der Waals surface area contributed by atoms with Crippen LogP contribution in [-0.2, 0) is 21.5 Å². The van der Waals surface area contributed by atoms with Crippen LogP contribution in [0.4, 0.5) is 10.5 Å². The Balaban J connectivity index is 1.78. The van der Waals surface area contributed by atoms with Crippen LogP contribution in [0.25, 0.3) is 0 Å². The van der Waals surface area contributed by atoms with Crippen molar-refractivity contribution in [3.63, 3.8) is 0 Å². The molecule has 0 aliphatic carbocycles. The second-order valence-corrected chi connectivity index (χ2v) is 7.15. The molecule has 0 spiro atoms. The molecule has 1 unspecified atom stereocenters. The van der Waals surface area contributed by atoms with Crippen molar-refractivity contribution >= 4 is 23.5 Å². The topological polar surface area (TPSA) is 102 Å². The number of aryl methyl sites for hydroxylation is 2. The Morgan fingerprint density at radius 1 is 1.21 bits per heavy atom. The Bertz CT molecular complexity index is 1020. The van der Waals surface area contributed by atoms with Crippen LogP contribution in [0.1, 0.15) is 36.1 Å². The summed E-state index contributed by atoms with van der Waals surface area (Å²) in [7, 11) is 0. The van der Waals surface area contributed by atoms with E-state index in [1.165, 1.54) is 0 Å². The summed E-state index contributed by atoms with van der Waals surface area (Å²) in [6.45, 7) is 5.09. The zero-order valence-corrected chi connectivity index (χ0v) is 16.6. The van der Waals surface area contributed by atoms with Crippen molar-refractivity contribution < 1.29 is 14.4 Å². The lowest BCUT2D eigenvalue weighted by Crippen LogP contribution is -2.42. The Morgan fingerprint density at radius 3 is 2.52 bits per heavy atom. The molecule has 4 amide bonds. The fourth-order valence-electron chi connectivity index (χ4n) is 3.44. The predicted molar refractivity (Wildman–Crippen MR) is 108 cm³/mol. The van der Waals surface area contributed by atoms with E-state index in [2.05, 4.69) is 10.6 Å². The van der Waals surface area contributed by atoms with Gasteiger partial charge in [-0.25, -0.2) is 4.79 Å². The zero-order valence-electron chi connectivity index (χ0n) is 16.6. The molecular weight excluding hydrogens is 368 g/mol. The summed E-state index contributed by atoms with van der Waals surface area (Å²) in [4.78, 5) is 38.9. The predicted octanol–water partition coefficient (Wildman–Crippen LogP) is 2.83. The van der Waals surface area contributed by atoms with E-state index in [4.69, 9.17) is 5.26 Å². The Kier molecular flexibility index (Phi) is 5.37. The standard InChI is InChI=1S/C22H22N4O3/c1-4-16-7-5-6-14(2)19(16)24-18(27)13-26-20(28)22(3,25-21(26)29)17-10-8-15(12-23)9-11-17/h5-11H,4,13H2,1-3H3,(H,24,27)(H,25,29). The fraction of sp³-hybridized carbons (Fsp3) is 0.273. The third-order valence-electron chi connectivity index (χ3n) is 5.17. The zero-order chi connectivity index (χ0) is 21.2. The molecule has 0 bridgehead atoms. The van der Waals surface area contributed by atoms with E-state index in [0.29, 0.717) is 16.8 Å². The third-order valence-corrected chi connectivity index (χ3v) is 5.17. The average molecular weight is 390 g/mol. The van der Waals surface area contributed by atoms with Gasteiger partial charge in [0.15, 0.2) is 0 Å². The number of imide groups is 1. The van der Waals surface area contributed by atoms with E-state index in [0.717, 1.165) is 22.4 Å². The van der Waals surface area contributed by atoms with E-state index in [1.807, 2.05) is 38.1 Å². The summed E-state index contributed by atoms with van der Waals surface area (Å²) in [6.07, 6.45) is 0.747. The smallest absolute Gasteiger partial charge is 0.324 e. The molecule has 2 aromatic rings. The molecule has 0 aromatic heterocycles. The summed E-state index contributed by atoms with van der Waals surface area (Å²) in [5.74, 6) is -0.954. The van der Waals surface area contributed by atoms with Crippen LogP contribution in [-0.4, -0.2) is 29.3 Å². The number of hydrogen-bond acceptors (Lipinski definition) is 4. The highest BCUT2D eigenvalue weighted by Gasteiger charge is 2.49. The molecule has 7 nitrogen and oxygen atoms in total. The molecule has 29 heavy (non-hydrogen) atoms. The first kappa shape index (κ1) is 20.1. The first-order valence-corrected chi connectivity index (χ1v) is 9.33. The molecule has 1 fully saturated rings. The quantitative estimate of drug-likeness (QED) is 0.766. The van der Waals surface area contributed by atoms with Gasteiger partial charge in [0, 0.05) is 5.69 Å². The molecule has 0 radical (unpaired) electrons. The van der Waals surface area contributed by atoms with Gasteiger partial charge >= 0.3 is 6.03 Å². The first-order valence-electron chi connectivity index (χ1n) is 9.33. The summed E-state index contributed by atoms with van der Waals surface area (Å²) < 4.78 is 0. The lowest BCUT2D eigenvalue weighted by atomic mass is 9.91. The van der Waals surface area contributed by atoms with Gasteiger partial charge in [-0.3, -0.25) is 14.5 Å². The number of urea groups is 1. The summed E-state index contributed by atoms with van der Waals surface area (Å²) >= 11 is 0.